The SMILES string of the molecule is Cc1cc(C)c(C(Cc2cc(Br)cs2)NN)c(C)c1. The van der Waals surface area contributed by atoms with Crippen LogP contribution >= 0.6 is 27.3 Å². The van der Waals surface area contributed by atoms with Crippen LogP contribution in [0.5, 0.6) is 0 Å². The maximum Gasteiger partial charge on any atom is 0.0513 e. The Morgan fingerprint density at radius 2 is 1.84 bits per heavy atom. The summed E-state index contributed by atoms with van der Waals surface area (Å²) in [6, 6.07) is 6.76. The monoisotopic (exact) mass is 338 g/mol. The molecule has 0 fully saturated rings. The van der Waals surface area contributed by atoms with Crippen LogP contribution in [-0.2, 0) is 6.42 Å². The van der Waals surface area contributed by atoms with Gasteiger partial charge in [-0.2, -0.15) is 0 Å². The fourth-order valence-corrected chi connectivity index (χ4v) is 4.15. The quantitative estimate of drug-likeness (QED) is 0.648. The molecule has 1 atom stereocenters. The molecule has 2 nitrogen and oxygen atoms in total. The lowest BCUT2D eigenvalue weighted by Crippen LogP contribution is -2.30. The van der Waals surface area contributed by atoms with Crippen molar-refractivity contribution in [3.05, 3.63) is 55.2 Å². The van der Waals surface area contributed by atoms with Crippen LogP contribution in [0, 0.1) is 20.8 Å². The third kappa shape index (κ3) is 3.45. The highest BCUT2D eigenvalue weighted by Crippen LogP contribution is 2.29. The zero-order valence-corrected chi connectivity index (χ0v) is 13.9. The van der Waals surface area contributed by atoms with Gasteiger partial charge in [0.15, 0.2) is 0 Å². The second-order valence-electron chi connectivity index (χ2n) is 4.97. The molecule has 2 rings (SSSR count). The smallest absolute Gasteiger partial charge is 0.0513 e. The molecule has 0 spiro atoms. The van der Waals surface area contributed by atoms with E-state index in [-0.39, 0.29) is 6.04 Å². The van der Waals surface area contributed by atoms with Crippen LogP contribution in [0.15, 0.2) is 28.1 Å². The molecular formula is C15H19BrN2S. The first-order valence-corrected chi connectivity index (χ1v) is 7.95. The summed E-state index contributed by atoms with van der Waals surface area (Å²) in [5.74, 6) is 5.78. The van der Waals surface area contributed by atoms with Crippen molar-refractivity contribution in [3.8, 4) is 0 Å². The van der Waals surface area contributed by atoms with Crippen molar-refractivity contribution in [2.45, 2.75) is 33.2 Å². The lowest BCUT2D eigenvalue weighted by molar-refractivity contribution is 0.550. The number of rotatable bonds is 4. The normalized spacial score (nSPS) is 12.7. The van der Waals surface area contributed by atoms with E-state index in [2.05, 4.69) is 65.7 Å². The summed E-state index contributed by atoms with van der Waals surface area (Å²) in [6.07, 6.45) is 0.914. The predicted octanol–water partition coefficient (Wildman–Crippen LogP) is 4.18. The molecule has 0 bridgehead atoms. The number of aryl methyl sites for hydroxylation is 3. The van der Waals surface area contributed by atoms with Gasteiger partial charge < -0.3 is 0 Å². The average molecular weight is 339 g/mol. The van der Waals surface area contributed by atoms with Gasteiger partial charge in [-0.05, 0) is 59.5 Å². The van der Waals surface area contributed by atoms with Crippen molar-refractivity contribution >= 4 is 27.3 Å². The minimum atomic E-state index is 0.158. The van der Waals surface area contributed by atoms with Gasteiger partial charge in [0.2, 0.25) is 0 Å². The van der Waals surface area contributed by atoms with Crippen LogP contribution in [0.4, 0.5) is 0 Å². The van der Waals surface area contributed by atoms with Gasteiger partial charge >= 0.3 is 0 Å². The van der Waals surface area contributed by atoms with Crippen molar-refractivity contribution in [2.24, 2.45) is 5.84 Å². The van der Waals surface area contributed by atoms with Gasteiger partial charge in [0.05, 0.1) is 6.04 Å². The van der Waals surface area contributed by atoms with E-state index >= 15 is 0 Å². The zero-order valence-electron chi connectivity index (χ0n) is 11.5. The van der Waals surface area contributed by atoms with Gasteiger partial charge in [0.1, 0.15) is 0 Å². The van der Waals surface area contributed by atoms with Crippen molar-refractivity contribution in [1.82, 2.24) is 5.43 Å². The first kappa shape index (κ1) is 14.7. The fourth-order valence-electron chi connectivity index (χ4n) is 2.65. The third-order valence-corrected chi connectivity index (χ3v) is 5.03. The lowest BCUT2D eigenvalue weighted by Gasteiger charge is -2.21. The molecule has 0 saturated carbocycles. The Morgan fingerprint density at radius 1 is 1.21 bits per heavy atom. The van der Waals surface area contributed by atoms with E-state index < -0.39 is 0 Å². The number of hydrogen-bond acceptors (Lipinski definition) is 3. The molecule has 19 heavy (non-hydrogen) atoms. The molecule has 1 aromatic carbocycles. The summed E-state index contributed by atoms with van der Waals surface area (Å²) in [5, 5.41) is 2.11. The van der Waals surface area contributed by atoms with E-state index in [1.807, 2.05) is 0 Å². The molecule has 0 amide bonds. The number of hydrogen-bond donors (Lipinski definition) is 2. The van der Waals surface area contributed by atoms with Crippen LogP contribution in [0.25, 0.3) is 0 Å². The molecule has 3 N–H and O–H groups in total. The first-order valence-electron chi connectivity index (χ1n) is 6.28. The van der Waals surface area contributed by atoms with E-state index in [9.17, 15) is 0 Å². The van der Waals surface area contributed by atoms with E-state index in [1.165, 1.54) is 27.1 Å². The Labute approximate surface area is 127 Å². The Hall–Kier alpha value is -0.680. The maximum atomic E-state index is 5.78. The predicted molar refractivity (Wildman–Crippen MR) is 86.4 cm³/mol. The maximum absolute atomic E-state index is 5.78. The number of nitrogens with one attached hydrogen (secondary N) is 1. The minimum Gasteiger partial charge on any atom is -0.271 e. The molecule has 1 aromatic heterocycles. The van der Waals surface area contributed by atoms with Gasteiger partial charge in [-0.1, -0.05) is 17.7 Å². The lowest BCUT2D eigenvalue weighted by atomic mass is 9.92. The van der Waals surface area contributed by atoms with Gasteiger partial charge in [0.25, 0.3) is 0 Å². The molecule has 0 aliphatic rings. The number of thiophene rings is 1. The molecule has 0 saturated heterocycles. The molecule has 102 valence electrons. The van der Waals surface area contributed by atoms with Crippen LogP contribution in [-0.4, -0.2) is 0 Å². The Kier molecular flexibility index (Phi) is 4.79. The molecule has 1 heterocycles. The summed E-state index contributed by atoms with van der Waals surface area (Å²) in [7, 11) is 0. The Balaban J connectivity index is 2.32. The second-order valence-corrected chi connectivity index (χ2v) is 6.88. The van der Waals surface area contributed by atoms with Gasteiger partial charge in [-0.15, -0.1) is 11.3 Å². The standard InChI is InChI=1S/C15H19BrN2S/c1-9-4-10(2)15(11(3)5-9)14(18-17)7-13-6-12(16)8-19-13/h4-6,8,14,18H,7,17H2,1-3H3. The number of hydrazine groups is 1. The zero-order chi connectivity index (χ0) is 14.0. The Morgan fingerprint density at radius 3 is 2.32 bits per heavy atom. The van der Waals surface area contributed by atoms with E-state index in [1.54, 1.807) is 11.3 Å². The van der Waals surface area contributed by atoms with Crippen LogP contribution in [0.3, 0.4) is 0 Å². The number of halogens is 1. The van der Waals surface area contributed by atoms with Gasteiger partial charge in [-0.3, -0.25) is 11.3 Å². The molecule has 0 aliphatic carbocycles. The average Bonchev–Trinajstić information content (AvgIpc) is 2.72. The van der Waals surface area contributed by atoms with Crippen LogP contribution < -0.4 is 11.3 Å². The summed E-state index contributed by atoms with van der Waals surface area (Å²) in [5.41, 5.74) is 8.19. The van der Waals surface area contributed by atoms with E-state index in [0.29, 0.717) is 0 Å². The molecule has 0 radical (unpaired) electrons. The summed E-state index contributed by atoms with van der Waals surface area (Å²) in [4.78, 5) is 1.33. The summed E-state index contributed by atoms with van der Waals surface area (Å²) in [6.45, 7) is 6.44. The third-order valence-electron chi connectivity index (χ3n) is 3.31. The molecule has 2 aromatic rings. The van der Waals surface area contributed by atoms with Crippen molar-refractivity contribution in [1.29, 1.82) is 0 Å². The van der Waals surface area contributed by atoms with Gasteiger partial charge in [0, 0.05) is 21.2 Å². The molecule has 1 unspecified atom stereocenters. The molecule has 4 heteroatoms. The van der Waals surface area contributed by atoms with Crippen molar-refractivity contribution in [3.63, 3.8) is 0 Å². The molecular weight excluding hydrogens is 320 g/mol. The minimum absolute atomic E-state index is 0.158. The second kappa shape index (κ2) is 6.18. The topological polar surface area (TPSA) is 38.0 Å². The Bertz CT molecular complexity index is 554. The van der Waals surface area contributed by atoms with Gasteiger partial charge in [-0.25, -0.2) is 0 Å². The molecule has 0 aliphatic heterocycles. The fraction of sp³-hybridized carbons (Fsp3) is 0.333. The highest BCUT2D eigenvalue weighted by molar-refractivity contribution is 9.10. The van der Waals surface area contributed by atoms with Crippen LogP contribution in [0.2, 0.25) is 0 Å². The highest BCUT2D eigenvalue weighted by atomic mass is 79.9. The van der Waals surface area contributed by atoms with Crippen molar-refractivity contribution in [2.75, 3.05) is 0 Å². The summed E-state index contributed by atoms with van der Waals surface area (Å²) < 4.78 is 1.14. The number of benzene rings is 1. The number of nitrogens with two attached hydrogens (primary N) is 1. The highest BCUT2D eigenvalue weighted by Gasteiger charge is 2.16. The van der Waals surface area contributed by atoms with E-state index in [0.717, 1.165) is 10.9 Å². The summed E-state index contributed by atoms with van der Waals surface area (Å²) >= 11 is 5.26. The van der Waals surface area contributed by atoms with E-state index in [4.69, 9.17) is 5.84 Å². The first-order chi connectivity index (χ1) is 9.01. The van der Waals surface area contributed by atoms with Crippen molar-refractivity contribution < 1.29 is 0 Å². The van der Waals surface area contributed by atoms with Crippen LogP contribution in [0.1, 0.15) is 33.2 Å². The largest absolute Gasteiger partial charge is 0.271 e.